The molecular weight excluding hydrogens is 293 g/mol. The molecule has 0 radical (unpaired) electrons. The second-order valence-corrected chi connectivity index (χ2v) is 5.73. The monoisotopic (exact) mass is 311 g/mol. The third kappa shape index (κ3) is 3.35. The summed E-state index contributed by atoms with van der Waals surface area (Å²) in [4.78, 5) is 0. The van der Waals surface area contributed by atoms with E-state index in [1.54, 1.807) is 4.68 Å². The average molecular weight is 312 g/mol. The van der Waals surface area contributed by atoms with Crippen molar-refractivity contribution >= 4 is 23.2 Å². The molecule has 2 rings (SSSR count). The molecule has 1 aromatic carbocycles. The van der Waals surface area contributed by atoms with Crippen molar-refractivity contribution in [2.45, 2.75) is 25.8 Å². The zero-order valence-electron chi connectivity index (χ0n) is 12.0. The average Bonchev–Trinajstić information content (AvgIpc) is 2.66. The highest BCUT2D eigenvalue weighted by Gasteiger charge is 2.17. The molecule has 0 saturated heterocycles. The van der Waals surface area contributed by atoms with Crippen LogP contribution in [0.5, 0.6) is 0 Å². The van der Waals surface area contributed by atoms with Crippen molar-refractivity contribution < 1.29 is 0 Å². The Labute approximate surface area is 129 Å². The number of likely N-dealkylation sites (N-methyl/N-ethyl adjacent to an activating group) is 1. The minimum atomic E-state index is 0.273. The SMILES string of the molecule is CNC(Cc1ccccc1Cl)Cc1c(C)nn(C)c1Cl. The predicted molar refractivity (Wildman–Crippen MR) is 84.7 cm³/mol. The fourth-order valence-corrected chi connectivity index (χ4v) is 2.82. The van der Waals surface area contributed by atoms with Crippen molar-refractivity contribution in [2.75, 3.05) is 7.05 Å². The zero-order chi connectivity index (χ0) is 14.7. The van der Waals surface area contributed by atoms with E-state index in [2.05, 4.69) is 16.5 Å². The first kappa shape index (κ1) is 15.4. The molecule has 5 heteroatoms. The summed E-state index contributed by atoms with van der Waals surface area (Å²) in [5.41, 5.74) is 3.23. The predicted octanol–water partition coefficient (Wildman–Crippen LogP) is 3.41. The van der Waals surface area contributed by atoms with E-state index in [-0.39, 0.29) is 6.04 Å². The molecule has 20 heavy (non-hydrogen) atoms. The molecule has 3 nitrogen and oxygen atoms in total. The highest BCUT2D eigenvalue weighted by atomic mass is 35.5. The summed E-state index contributed by atoms with van der Waals surface area (Å²) in [5.74, 6) is 0. The van der Waals surface area contributed by atoms with Gasteiger partial charge in [0.15, 0.2) is 0 Å². The zero-order valence-corrected chi connectivity index (χ0v) is 13.5. The van der Waals surface area contributed by atoms with E-state index < -0.39 is 0 Å². The van der Waals surface area contributed by atoms with Gasteiger partial charge in [0.05, 0.1) is 5.69 Å². The van der Waals surface area contributed by atoms with Gasteiger partial charge in [-0.25, -0.2) is 0 Å². The molecule has 1 N–H and O–H groups in total. The van der Waals surface area contributed by atoms with Crippen LogP contribution >= 0.6 is 23.2 Å². The van der Waals surface area contributed by atoms with Crippen LogP contribution in [-0.2, 0) is 19.9 Å². The van der Waals surface area contributed by atoms with Gasteiger partial charge in [-0.2, -0.15) is 5.10 Å². The van der Waals surface area contributed by atoms with Gasteiger partial charge in [-0.3, -0.25) is 4.68 Å². The number of aromatic nitrogens is 2. The summed E-state index contributed by atoms with van der Waals surface area (Å²) >= 11 is 12.5. The van der Waals surface area contributed by atoms with Crippen molar-refractivity contribution in [2.24, 2.45) is 7.05 Å². The van der Waals surface area contributed by atoms with Crippen LogP contribution in [0, 0.1) is 6.92 Å². The van der Waals surface area contributed by atoms with Gasteiger partial charge in [0.2, 0.25) is 0 Å². The Morgan fingerprint density at radius 1 is 1.25 bits per heavy atom. The smallest absolute Gasteiger partial charge is 0.130 e. The lowest BCUT2D eigenvalue weighted by molar-refractivity contribution is 0.555. The van der Waals surface area contributed by atoms with E-state index >= 15 is 0 Å². The summed E-state index contributed by atoms with van der Waals surface area (Å²) < 4.78 is 1.72. The Morgan fingerprint density at radius 3 is 2.50 bits per heavy atom. The third-order valence-corrected chi connectivity index (χ3v) is 4.39. The van der Waals surface area contributed by atoms with E-state index in [9.17, 15) is 0 Å². The van der Waals surface area contributed by atoms with Crippen LogP contribution < -0.4 is 5.32 Å². The van der Waals surface area contributed by atoms with E-state index in [1.807, 2.05) is 39.2 Å². The van der Waals surface area contributed by atoms with Gasteiger partial charge in [0.1, 0.15) is 5.15 Å². The Kier molecular flexibility index (Phi) is 5.08. The lowest BCUT2D eigenvalue weighted by Gasteiger charge is -2.17. The van der Waals surface area contributed by atoms with Gasteiger partial charge in [-0.1, -0.05) is 41.4 Å². The summed E-state index contributed by atoms with van der Waals surface area (Å²) in [6.07, 6.45) is 1.70. The van der Waals surface area contributed by atoms with Crippen molar-refractivity contribution in [3.05, 3.63) is 51.3 Å². The molecule has 0 aliphatic carbocycles. The number of rotatable bonds is 5. The fourth-order valence-electron chi connectivity index (χ4n) is 2.36. The lowest BCUT2D eigenvalue weighted by atomic mass is 9.99. The van der Waals surface area contributed by atoms with Gasteiger partial charge in [0, 0.05) is 23.7 Å². The van der Waals surface area contributed by atoms with Gasteiger partial charge in [-0.15, -0.1) is 0 Å². The topological polar surface area (TPSA) is 29.9 Å². The van der Waals surface area contributed by atoms with Gasteiger partial charge in [0.25, 0.3) is 0 Å². The number of halogens is 2. The van der Waals surface area contributed by atoms with E-state index in [0.29, 0.717) is 5.15 Å². The van der Waals surface area contributed by atoms with Crippen LogP contribution in [0.25, 0.3) is 0 Å². The Hall–Kier alpha value is -1.03. The van der Waals surface area contributed by atoms with Crippen molar-refractivity contribution in [1.29, 1.82) is 0 Å². The maximum absolute atomic E-state index is 6.30. The Morgan fingerprint density at radius 2 is 1.95 bits per heavy atom. The van der Waals surface area contributed by atoms with Gasteiger partial charge >= 0.3 is 0 Å². The molecule has 0 amide bonds. The van der Waals surface area contributed by atoms with E-state index in [0.717, 1.165) is 34.7 Å². The second-order valence-electron chi connectivity index (χ2n) is 4.96. The summed E-state index contributed by atoms with van der Waals surface area (Å²) in [6.45, 7) is 1.99. The number of aryl methyl sites for hydroxylation is 2. The van der Waals surface area contributed by atoms with Gasteiger partial charge in [-0.05, 0) is 38.4 Å². The molecule has 0 bridgehead atoms. The van der Waals surface area contributed by atoms with Crippen LogP contribution in [-0.4, -0.2) is 22.9 Å². The maximum atomic E-state index is 6.30. The standard InChI is InChI=1S/C15H19Cl2N3/c1-10-13(15(17)20(3)19-10)9-12(18-2)8-11-6-4-5-7-14(11)16/h4-7,12,18H,8-9H2,1-3H3. The normalized spacial score (nSPS) is 12.7. The first-order chi connectivity index (χ1) is 9.52. The van der Waals surface area contributed by atoms with Crippen molar-refractivity contribution in [1.82, 2.24) is 15.1 Å². The quantitative estimate of drug-likeness (QED) is 0.917. The Balaban J connectivity index is 2.15. The van der Waals surface area contributed by atoms with Crippen LogP contribution in [0.4, 0.5) is 0 Å². The summed E-state index contributed by atoms with van der Waals surface area (Å²) in [6, 6.07) is 8.21. The van der Waals surface area contributed by atoms with Crippen molar-refractivity contribution in [3.8, 4) is 0 Å². The number of nitrogens with one attached hydrogen (secondary N) is 1. The summed E-state index contributed by atoms with van der Waals surface area (Å²) in [5, 5.41) is 9.21. The largest absolute Gasteiger partial charge is 0.316 e. The van der Waals surface area contributed by atoms with Crippen LogP contribution in [0.3, 0.4) is 0 Å². The molecule has 0 spiro atoms. The molecule has 2 aromatic rings. The Bertz CT molecular complexity index is 593. The highest BCUT2D eigenvalue weighted by molar-refractivity contribution is 6.31. The fraction of sp³-hybridized carbons (Fsp3) is 0.400. The summed E-state index contributed by atoms with van der Waals surface area (Å²) in [7, 11) is 3.82. The van der Waals surface area contributed by atoms with Crippen molar-refractivity contribution in [3.63, 3.8) is 0 Å². The molecule has 1 heterocycles. The molecule has 0 fully saturated rings. The number of benzene rings is 1. The molecular formula is C15H19Cl2N3. The third-order valence-electron chi connectivity index (χ3n) is 3.55. The molecule has 1 unspecified atom stereocenters. The molecule has 0 saturated carbocycles. The minimum absolute atomic E-state index is 0.273. The number of hydrogen-bond donors (Lipinski definition) is 1. The minimum Gasteiger partial charge on any atom is -0.316 e. The van der Waals surface area contributed by atoms with Crippen LogP contribution in [0.2, 0.25) is 10.2 Å². The number of hydrogen-bond acceptors (Lipinski definition) is 2. The highest BCUT2D eigenvalue weighted by Crippen LogP contribution is 2.23. The van der Waals surface area contributed by atoms with Crippen LogP contribution in [0.15, 0.2) is 24.3 Å². The second kappa shape index (κ2) is 6.61. The first-order valence-corrected chi connectivity index (χ1v) is 7.37. The molecule has 108 valence electrons. The van der Waals surface area contributed by atoms with E-state index in [1.165, 1.54) is 0 Å². The van der Waals surface area contributed by atoms with Gasteiger partial charge < -0.3 is 5.32 Å². The first-order valence-electron chi connectivity index (χ1n) is 6.61. The van der Waals surface area contributed by atoms with E-state index in [4.69, 9.17) is 23.2 Å². The molecule has 1 aromatic heterocycles. The molecule has 1 atom stereocenters. The number of nitrogens with zero attached hydrogens (tertiary/aromatic N) is 2. The maximum Gasteiger partial charge on any atom is 0.130 e. The van der Waals surface area contributed by atoms with Crippen LogP contribution in [0.1, 0.15) is 16.8 Å². The molecule has 0 aliphatic rings. The molecule has 0 aliphatic heterocycles. The lowest BCUT2D eigenvalue weighted by Crippen LogP contribution is -2.30.